The fourth-order valence-electron chi connectivity index (χ4n) is 3.78. The van der Waals surface area contributed by atoms with E-state index >= 15 is 0 Å². The highest BCUT2D eigenvalue weighted by atomic mass is 16.2. The van der Waals surface area contributed by atoms with E-state index < -0.39 is 5.54 Å². The van der Waals surface area contributed by atoms with Crippen LogP contribution in [0.1, 0.15) is 56.4 Å². The van der Waals surface area contributed by atoms with Crippen molar-refractivity contribution in [2.45, 2.75) is 62.4 Å². The van der Waals surface area contributed by atoms with Gasteiger partial charge in [0, 0.05) is 12.0 Å². The van der Waals surface area contributed by atoms with Crippen molar-refractivity contribution in [2.75, 3.05) is 0 Å². The highest BCUT2D eigenvalue weighted by Gasteiger charge is 2.39. The van der Waals surface area contributed by atoms with Gasteiger partial charge >= 0.3 is 0 Å². The predicted octanol–water partition coefficient (Wildman–Crippen LogP) is 2.71. The smallest absolute Gasteiger partial charge is 0.240 e. The molecule has 20 heavy (non-hydrogen) atoms. The number of carbonyl (C=O) groups is 1. The Balaban J connectivity index is 1.69. The molecule has 3 rings (SSSR count). The van der Waals surface area contributed by atoms with Crippen LogP contribution in [-0.2, 0) is 4.79 Å². The van der Waals surface area contributed by atoms with Crippen LogP contribution in [0.2, 0.25) is 0 Å². The minimum absolute atomic E-state index is 0.0721. The van der Waals surface area contributed by atoms with Crippen LogP contribution in [-0.4, -0.2) is 17.5 Å². The molecule has 3 nitrogen and oxygen atoms in total. The summed E-state index contributed by atoms with van der Waals surface area (Å²) >= 11 is 0. The average molecular weight is 272 g/mol. The minimum Gasteiger partial charge on any atom is -0.351 e. The molecule has 0 heterocycles. The lowest BCUT2D eigenvalue weighted by atomic mass is 9.92. The van der Waals surface area contributed by atoms with Crippen molar-refractivity contribution in [3.05, 3.63) is 35.9 Å². The molecule has 0 aromatic heterocycles. The Morgan fingerprint density at radius 1 is 1.10 bits per heavy atom. The van der Waals surface area contributed by atoms with Gasteiger partial charge in [0.2, 0.25) is 5.91 Å². The summed E-state index contributed by atoms with van der Waals surface area (Å²) < 4.78 is 0. The van der Waals surface area contributed by atoms with Crippen molar-refractivity contribution in [1.29, 1.82) is 0 Å². The minimum atomic E-state index is -0.607. The number of benzene rings is 1. The monoisotopic (exact) mass is 272 g/mol. The first kappa shape index (κ1) is 13.6. The van der Waals surface area contributed by atoms with Crippen molar-refractivity contribution in [3.8, 4) is 0 Å². The second-order valence-corrected chi connectivity index (χ2v) is 6.39. The highest BCUT2D eigenvalue weighted by Crippen LogP contribution is 2.35. The van der Waals surface area contributed by atoms with E-state index in [-0.39, 0.29) is 11.9 Å². The molecule has 2 aliphatic rings. The van der Waals surface area contributed by atoms with Crippen molar-refractivity contribution >= 4 is 5.91 Å². The van der Waals surface area contributed by atoms with Gasteiger partial charge in [0.05, 0.1) is 5.54 Å². The van der Waals surface area contributed by atoms with E-state index in [9.17, 15) is 4.79 Å². The summed E-state index contributed by atoms with van der Waals surface area (Å²) in [6, 6.07) is 10.8. The van der Waals surface area contributed by atoms with E-state index in [0.29, 0.717) is 5.92 Å². The number of nitrogens with one attached hydrogen (secondary N) is 1. The van der Waals surface area contributed by atoms with Gasteiger partial charge in [-0.05, 0) is 31.2 Å². The third-order valence-corrected chi connectivity index (χ3v) is 5.01. The number of nitrogens with two attached hydrogens (primary N) is 1. The van der Waals surface area contributed by atoms with Crippen LogP contribution in [0.3, 0.4) is 0 Å². The first-order valence-electron chi connectivity index (χ1n) is 7.84. The van der Waals surface area contributed by atoms with E-state index in [0.717, 1.165) is 38.5 Å². The Morgan fingerprint density at radius 3 is 2.50 bits per heavy atom. The van der Waals surface area contributed by atoms with Gasteiger partial charge in [0.15, 0.2) is 0 Å². The van der Waals surface area contributed by atoms with Gasteiger partial charge in [0.1, 0.15) is 0 Å². The third kappa shape index (κ3) is 2.59. The summed E-state index contributed by atoms with van der Waals surface area (Å²) in [7, 11) is 0. The van der Waals surface area contributed by atoms with Gasteiger partial charge in [0.25, 0.3) is 0 Å². The summed E-state index contributed by atoms with van der Waals surface area (Å²) in [5.74, 6) is 0.521. The lowest BCUT2D eigenvalue weighted by Gasteiger charge is -2.28. The second-order valence-electron chi connectivity index (χ2n) is 6.39. The second kappa shape index (κ2) is 5.57. The van der Waals surface area contributed by atoms with Gasteiger partial charge in [-0.3, -0.25) is 4.79 Å². The molecule has 1 aromatic rings. The maximum Gasteiger partial charge on any atom is 0.240 e. The quantitative estimate of drug-likeness (QED) is 0.889. The summed E-state index contributed by atoms with van der Waals surface area (Å²) in [6.45, 7) is 0. The Hall–Kier alpha value is -1.35. The molecule has 0 saturated heterocycles. The van der Waals surface area contributed by atoms with Crippen molar-refractivity contribution in [3.63, 3.8) is 0 Å². The largest absolute Gasteiger partial charge is 0.351 e. The molecule has 2 aliphatic carbocycles. The predicted molar refractivity (Wildman–Crippen MR) is 80.4 cm³/mol. The molecule has 2 atom stereocenters. The van der Waals surface area contributed by atoms with E-state index in [4.69, 9.17) is 5.73 Å². The van der Waals surface area contributed by atoms with Crippen LogP contribution < -0.4 is 11.1 Å². The van der Waals surface area contributed by atoms with Crippen LogP contribution in [0.5, 0.6) is 0 Å². The van der Waals surface area contributed by atoms with Crippen molar-refractivity contribution < 1.29 is 4.79 Å². The standard InChI is InChI=1S/C17H24N2O/c18-17(11-4-5-12-17)16(20)19-15-10-6-9-14(15)13-7-2-1-3-8-13/h1-3,7-8,14-15H,4-6,9-12,18H2,(H,19,20). The number of hydrogen-bond donors (Lipinski definition) is 2. The first-order valence-corrected chi connectivity index (χ1v) is 7.84. The Bertz CT molecular complexity index is 465. The lowest BCUT2D eigenvalue weighted by Crippen LogP contribution is -2.54. The highest BCUT2D eigenvalue weighted by molar-refractivity contribution is 5.86. The first-order chi connectivity index (χ1) is 9.69. The van der Waals surface area contributed by atoms with Gasteiger partial charge in [-0.1, -0.05) is 49.6 Å². The van der Waals surface area contributed by atoms with Crippen LogP contribution >= 0.6 is 0 Å². The molecular weight excluding hydrogens is 248 g/mol. The summed E-state index contributed by atoms with van der Waals surface area (Å²) in [4.78, 5) is 12.5. The number of carbonyl (C=O) groups excluding carboxylic acids is 1. The molecule has 108 valence electrons. The molecule has 0 spiro atoms. The van der Waals surface area contributed by atoms with E-state index in [2.05, 4.69) is 29.6 Å². The zero-order chi connectivity index (χ0) is 14.0. The molecule has 0 bridgehead atoms. The maximum absolute atomic E-state index is 12.5. The Labute approximate surface area is 120 Å². The van der Waals surface area contributed by atoms with Crippen molar-refractivity contribution in [1.82, 2.24) is 5.32 Å². The summed E-state index contributed by atoms with van der Waals surface area (Å²) in [5, 5.41) is 3.25. The molecule has 2 saturated carbocycles. The van der Waals surface area contributed by atoms with Crippen molar-refractivity contribution in [2.24, 2.45) is 5.73 Å². The summed E-state index contributed by atoms with van der Waals surface area (Å²) in [5.41, 5.74) is 6.99. The maximum atomic E-state index is 12.5. The Kier molecular flexibility index (Phi) is 3.79. The third-order valence-electron chi connectivity index (χ3n) is 5.01. The van der Waals surface area contributed by atoms with E-state index in [1.165, 1.54) is 12.0 Å². The molecule has 0 aliphatic heterocycles. The van der Waals surface area contributed by atoms with E-state index in [1.807, 2.05) is 6.07 Å². The number of amides is 1. The zero-order valence-electron chi connectivity index (χ0n) is 12.0. The average Bonchev–Trinajstić information content (AvgIpc) is 3.10. The fraction of sp³-hybridized carbons (Fsp3) is 0.588. The normalized spacial score (nSPS) is 28.4. The molecule has 3 heteroatoms. The molecule has 0 radical (unpaired) electrons. The topological polar surface area (TPSA) is 55.1 Å². The van der Waals surface area contributed by atoms with Gasteiger partial charge in [-0.15, -0.1) is 0 Å². The number of rotatable bonds is 3. The van der Waals surface area contributed by atoms with Crippen LogP contribution in [0, 0.1) is 0 Å². The molecule has 1 aromatic carbocycles. The fourth-order valence-corrected chi connectivity index (χ4v) is 3.78. The van der Waals surface area contributed by atoms with Gasteiger partial charge < -0.3 is 11.1 Å². The molecule has 1 amide bonds. The SMILES string of the molecule is NC1(C(=O)NC2CCCC2c2ccccc2)CCCC1. The molecule has 3 N–H and O–H groups in total. The van der Waals surface area contributed by atoms with E-state index in [1.54, 1.807) is 0 Å². The summed E-state index contributed by atoms with van der Waals surface area (Å²) in [6.07, 6.45) is 7.24. The zero-order valence-corrected chi connectivity index (χ0v) is 12.0. The Morgan fingerprint density at radius 2 is 1.80 bits per heavy atom. The molecular formula is C17H24N2O. The molecule has 2 unspecified atom stereocenters. The van der Waals surface area contributed by atoms with Gasteiger partial charge in [-0.25, -0.2) is 0 Å². The molecule has 2 fully saturated rings. The van der Waals surface area contributed by atoms with Gasteiger partial charge in [-0.2, -0.15) is 0 Å². The van der Waals surface area contributed by atoms with Crippen LogP contribution in [0.4, 0.5) is 0 Å². The van der Waals surface area contributed by atoms with Crippen LogP contribution in [0.15, 0.2) is 30.3 Å². The lowest BCUT2D eigenvalue weighted by molar-refractivity contribution is -0.127. The van der Waals surface area contributed by atoms with Crippen LogP contribution in [0.25, 0.3) is 0 Å². The number of hydrogen-bond acceptors (Lipinski definition) is 2.